The molecular formula is C12H20O2. The van der Waals surface area contributed by atoms with Gasteiger partial charge in [0.2, 0.25) is 0 Å². The zero-order chi connectivity index (χ0) is 10.4. The smallest absolute Gasteiger partial charge is 0.330 e. The molecule has 1 saturated carbocycles. The van der Waals surface area contributed by atoms with Crippen LogP contribution in [0.15, 0.2) is 12.2 Å². The standard InChI is InChI=1S/C12H20O2/c1-3-14-12(13)9-8-11-6-4-10(2)5-7-11/h8-11H,3-7H2,1-2H3. The highest BCUT2D eigenvalue weighted by molar-refractivity contribution is 5.81. The van der Waals surface area contributed by atoms with E-state index in [1.165, 1.54) is 25.7 Å². The zero-order valence-corrected chi connectivity index (χ0v) is 9.16. The van der Waals surface area contributed by atoms with Crippen molar-refractivity contribution in [2.24, 2.45) is 11.8 Å². The highest BCUT2D eigenvalue weighted by Gasteiger charge is 2.15. The van der Waals surface area contributed by atoms with Gasteiger partial charge in [0.1, 0.15) is 0 Å². The van der Waals surface area contributed by atoms with Crippen molar-refractivity contribution in [2.45, 2.75) is 39.5 Å². The van der Waals surface area contributed by atoms with Crippen LogP contribution >= 0.6 is 0 Å². The Labute approximate surface area is 86.3 Å². The van der Waals surface area contributed by atoms with E-state index in [-0.39, 0.29) is 5.97 Å². The van der Waals surface area contributed by atoms with Crippen molar-refractivity contribution in [3.63, 3.8) is 0 Å². The van der Waals surface area contributed by atoms with Gasteiger partial charge in [-0.05, 0) is 31.6 Å². The van der Waals surface area contributed by atoms with Gasteiger partial charge in [-0.25, -0.2) is 4.79 Å². The highest BCUT2D eigenvalue weighted by atomic mass is 16.5. The molecule has 2 heteroatoms. The van der Waals surface area contributed by atoms with E-state index >= 15 is 0 Å². The number of carbonyl (C=O) groups is 1. The number of hydrogen-bond acceptors (Lipinski definition) is 2. The molecule has 0 spiro atoms. The predicted molar refractivity (Wildman–Crippen MR) is 56.9 cm³/mol. The number of ether oxygens (including phenoxy) is 1. The summed E-state index contributed by atoms with van der Waals surface area (Å²) in [6.07, 6.45) is 8.62. The van der Waals surface area contributed by atoms with Crippen molar-refractivity contribution in [1.82, 2.24) is 0 Å². The van der Waals surface area contributed by atoms with Gasteiger partial charge in [-0.2, -0.15) is 0 Å². The van der Waals surface area contributed by atoms with Gasteiger partial charge >= 0.3 is 5.97 Å². The van der Waals surface area contributed by atoms with Crippen LogP contribution in [-0.2, 0) is 9.53 Å². The van der Waals surface area contributed by atoms with Crippen LogP contribution in [0.2, 0.25) is 0 Å². The quantitative estimate of drug-likeness (QED) is 0.512. The van der Waals surface area contributed by atoms with Crippen LogP contribution in [0, 0.1) is 11.8 Å². The molecule has 1 aliphatic carbocycles. The Morgan fingerprint density at radius 2 is 2.00 bits per heavy atom. The fourth-order valence-electron chi connectivity index (χ4n) is 1.88. The van der Waals surface area contributed by atoms with Gasteiger partial charge in [-0.1, -0.05) is 25.8 Å². The summed E-state index contributed by atoms with van der Waals surface area (Å²) in [7, 11) is 0. The fraction of sp³-hybridized carbons (Fsp3) is 0.750. The van der Waals surface area contributed by atoms with Gasteiger partial charge in [0.25, 0.3) is 0 Å². The minimum atomic E-state index is -0.203. The second kappa shape index (κ2) is 5.84. The molecule has 0 bridgehead atoms. The second-order valence-corrected chi connectivity index (χ2v) is 4.13. The third kappa shape index (κ3) is 3.95. The summed E-state index contributed by atoms with van der Waals surface area (Å²) in [6.45, 7) is 4.59. The van der Waals surface area contributed by atoms with E-state index in [9.17, 15) is 4.79 Å². The first-order valence-corrected chi connectivity index (χ1v) is 5.57. The monoisotopic (exact) mass is 196 g/mol. The number of esters is 1. The van der Waals surface area contributed by atoms with E-state index in [2.05, 4.69) is 6.92 Å². The molecule has 0 aromatic carbocycles. The number of carbonyl (C=O) groups excluding carboxylic acids is 1. The Morgan fingerprint density at radius 3 is 2.57 bits per heavy atom. The SMILES string of the molecule is CCOC(=O)C=CC1CCC(C)CC1. The van der Waals surface area contributed by atoms with Gasteiger partial charge < -0.3 is 4.74 Å². The first kappa shape index (κ1) is 11.3. The van der Waals surface area contributed by atoms with Crippen molar-refractivity contribution in [2.75, 3.05) is 6.61 Å². The maximum atomic E-state index is 11.0. The third-order valence-corrected chi connectivity index (χ3v) is 2.85. The van der Waals surface area contributed by atoms with Crippen LogP contribution in [-0.4, -0.2) is 12.6 Å². The third-order valence-electron chi connectivity index (χ3n) is 2.85. The van der Waals surface area contributed by atoms with Crippen molar-refractivity contribution in [1.29, 1.82) is 0 Å². The summed E-state index contributed by atoms with van der Waals surface area (Å²) in [6, 6.07) is 0. The van der Waals surface area contributed by atoms with E-state index in [0.29, 0.717) is 12.5 Å². The normalized spacial score (nSPS) is 27.9. The summed E-state index contributed by atoms with van der Waals surface area (Å²) < 4.78 is 4.83. The van der Waals surface area contributed by atoms with Crippen LogP contribution < -0.4 is 0 Å². The average molecular weight is 196 g/mol. The van der Waals surface area contributed by atoms with Crippen molar-refractivity contribution < 1.29 is 9.53 Å². The van der Waals surface area contributed by atoms with Crippen LogP contribution in [0.1, 0.15) is 39.5 Å². The van der Waals surface area contributed by atoms with Gasteiger partial charge in [0.05, 0.1) is 6.61 Å². The Bertz CT molecular complexity index is 200. The average Bonchev–Trinajstić information content (AvgIpc) is 2.17. The van der Waals surface area contributed by atoms with Gasteiger partial charge in [0, 0.05) is 6.08 Å². The molecule has 80 valence electrons. The lowest BCUT2D eigenvalue weighted by atomic mass is 9.83. The lowest BCUT2D eigenvalue weighted by Gasteiger charge is -2.23. The van der Waals surface area contributed by atoms with Crippen LogP contribution in [0.5, 0.6) is 0 Å². The molecule has 1 rings (SSSR count). The number of hydrogen-bond donors (Lipinski definition) is 0. The van der Waals surface area contributed by atoms with Gasteiger partial charge in [0.15, 0.2) is 0 Å². The summed E-state index contributed by atoms with van der Waals surface area (Å²) in [5.74, 6) is 1.25. The molecule has 14 heavy (non-hydrogen) atoms. The van der Waals surface area contributed by atoms with E-state index < -0.39 is 0 Å². The van der Waals surface area contributed by atoms with Crippen molar-refractivity contribution in [3.05, 3.63) is 12.2 Å². The second-order valence-electron chi connectivity index (χ2n) is 4.13. The van der Waals surface area contributed by atoms with E-state index in [1.54, 1.807) is 6.08 Å². The van der Waals surface area contributed by atoms with Crippen LogP contribution in [0.4, 0.5) is 0 Å². The Hall–Kier alpha value is -0.790. The molecule has 0 N–H and O–H groups in total. The summed E-state index contributed by atoms with van der Waals surface area (Å²) >= 11 is 0. The molecule has 0 amide bonds. The van der Waals surface area contributed by atoms with Gasteiger partial charge in [-0.3, -0.25) is 0 Å². The molecule has 0 unspecified atom stereocenters. The molecule has 2 nitrogen and oxygen atoms in total. The zero-order valence-electron chi connectivity index (χ0n) is 9.16. The number of rotatable bonds is 3. The van der Waals surface area contributed by atoms with Crippen LogP contribution in [0.25, 0.3) is 0 Å². The molecule has 0 heterocycles. The lowest BCUT2D eigenvalue weighted by molar-refractivity contribution is -0.137. The summed E-state index contributed by atoms with van der Waals surface area (Å²) in [5, 5.41) is 0. The van der Waals surface area contributed by atoms with E-state index in [1.807, 2.05) is 13.0 Å². The first-order chi connectivity index (χ1) is 6.72. The van der Waals surface area contributed by atoms with E-state index in [0.717, 1.165) is 5.92 Å². The minimum Gasteiger partial charge on any atom is -0.463 e. The molecule has 1 aliphatic rings. The lowest BCUT2D eigenvalue weighted by Crippen LogP contribution is -2.10. The fourth-order valence-corrected chi connectivity index (χ4v) is 1.88. The molecule has 1 fully saturated rings. The largest absolute Gasteiger partial charge is 0.463 e. The Morgan fingerprint density at radius 1 is 1.36 bits per heavy atom. The van der Waals surface area contributed by atoms with Gasteiger partial charge in [-0.15, -0.1) is 0 Å². The first-order valence-electron chi connectivity index (χ1n) is 5.57. The Balaban J connectivity index is 2.26. The minimum absolute atomic E-state index is 0.203. The highest BCUT2D eigenvalue weighted by Crippen LogP contribution is 2.28. The summed E-state index contributed by atoms with van der Waals surface area (Å²) in [4.78, 5) is 11.0. The maximum absolute atomic E-state index is 11.0. The van der Waals surface area contributed by atoms with Crippen LogP contribution in [0.3, 0.4) is 0 Å². The Kier molecular flexibility index (Phi) is 4.71. The molecule has 0 atom stereocenters. The van der Waals surface area contributed by atoms with Crippen molar-refractivity contribution >= 4 is 5.97 Å². The molecule has 0 aliphatic heterocycles. The van der Waals surface area contributed by atoms with E-state index in [4.69, 9.17) is 4.74 Å². The molecule has 0 aromatic heterocycles. The van der Waals surface area contributed by atoms with Crippen molar-refractivity contribution in [3.8, 4) is 0 Å². The molecular weight excluding hydrogens is 176 g/mol. The topological polar surface area (TPSA) is 26.3 Å². The maximum Gasteiger partial charge on any atom is 0.330 e. The molecule has 0 aromatic rings. The number of allylic oxidation sites excluding steroid dienone is 1. The molecule has 0 saturated heterocycles. The molecule has 0 radical (unpaired) electrons. The summed E-state index contributed by atoms with van der Waals surface area (Å²) in [5.41, 5.74) is 0. The predicted octanol–water partition coefficient (Wildman–Crippen LogP) is 2.93.